The molecule has 2 saturated heterocycles. The zero-order chi connectivity index (χ0) is 42.3. The summed E-state index contributed by atoms with van der Waals surface area (Å²) in [6.45, 7) is 12.3. The first-order chi connectivity index (χ1) is 29.7. The third kappa shape index (κ3) is 10.2. The molecule has 5 heterocycles. The lowest BCUT2D eigenvalue weighted by atomic mass is 10.0. The van der Waals surface area contributed by atoms with Gasteiger partial charge >= 0.3 is 0 Å². The van der Waals surface area contributed by atoms with Crippen LogP contribution in [0.4, 0.5) is 5.82 Å². The molecule has 0 radical (unpaired) electrons. The Bertz CT molecular complexity index is 2140. The molecule has 1 N–H and O–H groups in total. The van der Waals surface area contributed by atoms with Gasteiger partial charge in [0.15, 0.2) is 0 Å². The highest BCUT2D eigenvalue weighted by molar-refractivity contribution is 6.23. The molecule has 3 fully saturated rings. The van der Waals surface area contributed by atoms with E-state index in [1.807, 2.05) is 6.07 Å². The molecule has 3 aromatic rings. The van der Waals surface area contributed by atoms with Crippen molar-refractivity contribution in [3.63, 3.8) is 0 Å². The predicted molar refractivity (Wildman–Crippen MR) is 221 cm³/mol. The summed E-state index contributed by atoms with van der Waals surface area (Å²) >= 11 is 0. The van der Waals surface area contributed by atoms with Gasteiger partial charge in [-0.05, 0) is 69.0 Å². The van der Waals surface area contributed by atoms with Gasteiger partial charge < -0.3 is 33.3 Å². The van der Waals surface area contributed by atoms with E-state index in [0.717, 1.165) is 72.5 Å². The van der Waals surface area contributed by atoms with Crippen LogP contribution < -0.4 is 19.7 Å². The van der Waals surface area contributed by atoms with E-state index in [-0.39, 0.29) is 36.2 Å². The number of carbonyl (C=O) groups is 4. The van der Waals surface area contributed by atoms with Gasteiger partial charge in [0.25, 0.3) is 11.8 Å². The topological polar surface area (TPSA) is 184 Å². The number of amides is 4. The number of imide groups is 2. The number of rotatable bonds is 21. The summed E-state index contributed by atoms with van der Waals surface area (Å²) in [4.78, 5) is 69.4. The number of piperazine rings is 1. The zero-order valence-corrected chi connectivity index (χ0v) is 34.8. The standard InChI is InChI=1S/C44H53N7O10/c1-29-27-50(38-25-36(46-28-47-38)40-34-24-32(61-44(2)9-10-44)4-3-30(34)26-45-40)12-11-49(29)13-14-56-15-16-57-17-18-58-19-20-59-21-22-60-31-5-6-33-35(23-31)43(55)51(42(33)54)37-7-8-39(52)48-41(37)53/h3-6,23-25,28-29,37H,7-22,26-27H2,1-2H3,(H,48,52,53)/t29-,37?/m0/s1. The fourth-order valence-corrected chi connectivity index (χ4v) is 7.90. The Hall–Kier alpha value is -5.33. The van der Waals surface area contributed by atoms with Crippen molar-refractivity contribution in [2.75, 3.05) is 90.5 Å². The molecule has 0 bridgehead atoms. The molecule has 324 valence electrons. The Kier molecular flexibility index (Phi) is 13.3. The highest BCUT2D eigenvalue weighted by atomic mass is 16.6. The molecule has 0 spiro atoms. The van der Waals surface area contributed by atoms with Crippen LogP contribution in [0, 0.1) is 0 Å². The largest absolute Gasteiger partial charge is 0.491 e. The molecule has 2 atom stereocenters. The third-order valence-corrected chi connectivity index (χ3v) is 11.6. The van der Waals surface area contributed by atoms with Crippen molar-refractivity contribution in [1.29, 1.82) is 0 Å². The number of hydrogen-bond acceptors (Lipinski definition) is 15. The molecule has 2 aromatic carbocycles. The molecule has 4 amide bonds. The van der Waals surface area contributed by atoms with E-state index in [4.69, 9.17) is 33.4 Å². The first-order valence-electron chi connectivity index (χ1n) is 21.1. The fraction of sp³-hybridized carbons (Fsp3) is 0.523. The van der Waals surface area contributed by atoms with Gasteiger partial charge in [-0.3, -0.25) is 39.3 Å². The Morgan fingerprint density at radius 1 is 0.770 bits per heavy atom. The van der Waals surface area contributed by atoms with E-state index >= 15 is 0 Å². The first-order valence-corrected chi connectivity index (χ1v) is 21.1. The van der Waals surface area contributed by atoms with E-state index in [1.165, 1.54) is 17.7 Å². The summed E-state index contributed by atoms with van der Waals surface area (Å²) in [6.07, 6.45) is 3.99. The van der Waals surface area contributed by atoms with Crippen molar-refractivity contribution in [3.05, 3.63) is 76.7 Å². The molecule has 61 heavy (non-hydrogen) atoms. The number of aromatic nitrogens is 2. The third-order valence-electron chi connectivity index (χ3n) is 11.6. The fourth-order valence-electron chi connectivity index (χ4n) is 7.90. The first kappa shape index (κ1) is 42.4. The van der Waals surface area contributed by atoms with E-state index in [9.17, 15) is 19.2 Å². The van der Waals surface area contributed by atoms with Crippen LogP contribution in [0.15, 0.2) is 53.8 Å². The number of nitrogens with zero attached hydrogens (tertiary/aromatic N) is 6. The van der Waals surface area contributed by atoms with Crippen LogP contribution in [0.3, 0.4) is 0 Å². The van der Waals surface area contributed by atoms with Crippen LogP contribution in [-0.4, -0.2) is 152 Å². The quantitative estimate of drug-likeness (QED) is 0.122. The maximum absolute atomic E-state index is 13.0. The van der Waals surface area contributed by atoms with E-state index < -0.39 is 29.7 Å². The maximum Gasteiger partial charge on any atom is 0.262 e. The van der Waals surface area contributed by atoms with E-state index in [2.05, 4.69) is 57.1 Å². The monoisotopic (exact) mass is 839 g/mol. The molecule has 1 aromatic heterocycles. The molecular formula is C44H53N7O10. The van der Waals surface area contributed by atoms with Crippen molar-refractivity contribution in [2.24, 2.45) is 4.99 Å². The van der Waals surface area contributed by atoms with Crippen LogP contribution >= 0.6 is 0 Å². The van der Waals surface area contributed by atoms with Gasteiger partial charge in [0.05, 0.1) is 81.9 Å². The van der Waals surface area contributed by atoms with Gasteiger partial charge in [-0.25, -0.2) is 9.97 Å². The number of hydrogen-bond donors (Lipinski definition) is 1. The highest BCUT2D eigenvalue weighted by Crippen LogP contribution is 2.40. The molecule has 17 nitrogen and oxygen atoms in total. The summed E-state index contributed by atoms with van der Waals surface area (Å²) in [5, 5.41) is 2.19. The molecular weight excluding hydrogens is 787 g/mol. The smallest absolute Gasteiger partial charge is 0.262 e. The number of carbonyl (C=O) groups excluding carboxylic acids is 4. The number of anilines is 1. The second kappa shape index (κ2) is 19.2. The minimum absolute atomic E-state index is 0.0370. The van der Waals surface area contributed by atoms with Crippen LogP contribution in [0.2, 0.25) is 0 Å². The predicted octanol–water partition coefficient (Wildman–Crippen LogP) is 2.82. The minimum atomic E-state index is -1.01. The van der Waals surface area contributed by atoms with Crippen molar-refractivity contribution in [1.82, 2.24) is 25.1 Å². The van der Waals surface area contributed by atoms with Crippen LogP contribution in [-0.2, 0) is 35.1 Å². The van der Waals surface area contributed by atoms with Gasteiger partial charge in [-0.2, -0.15) is 0 Å². The van der Waals surface area contributed by atoms with Crippen LogP contribution in [0.5, 0.6) is 11.5 Å². The average Bonchev–Trinajstić information content (AvgIpc) is 3.74. The van der Waals surface area contributed by atoms with Gasteiger partial charge in [-0.1, -0.05) is 6.07 Å². The Morgan fingerprint density at radius 2 is 1.46 bits per heavy atom. The average molecular weight is 840 g/mol. The zero-order valence-electron chi connectivity index (χ0n) is 34.8. The molecule has 4 aliphatic heterocycles. The van der Waals surface area contributed by atoms with E-state index in [1.54, 1.807) is 12.4 Å². The van der Waals surface area contributed by atoms with Crippen molar-refractivity contribution in [3.8, 4) is 11.5 Å². The number of aliphatic imine (C=N–C) groups is 1. The van der Waals surface area contributed by atoms with Crippen LogP contribution in [0.1, 0.15) is 77.1 Å². The molecule has 1 unspecified atom stereocenters. The number of piperidine rings is 1. The summed E-state index contributed by atoms with van der Waals surface area (Å²) in [5.74, 6) is -0.00440. The molecule has 17 heteroatoms. The summed E-state index contributed by atoms with van der Waals surface area (Å²) < 4.78 is 34.6. The lowest BCUT2D eigenvalue weighted by Gasteiger charge is -2.40. The summed E-state index contributed by atoms with van der Waals surface area (Å²) in [6, 6.07) is 12.3. The van der Waals surface area contributed by atoms with Crippen molar-refractivity contribution >= 4 is 35.2 Å². The Balaban J connectivity index is 0.641. The summed E-state index contributed by atoms with van der Waals surface area (Å²) in [5.41, 5.74) is 4.34. The SMILES string of the molecule is C[C@H]1CN(c2cc(C3=NCc4ccc(OC5(C)CC5)cc43)ncn2)CCN1CCOCCOCCOCCOCCOc1ccc2c(c1)C(=O)N(C1CCC(=O)NC1=O)C2=O. The Morgan fingerprint density at radius 3 is 2.18 bits per heavy atom. The second-order valence-electron chi connectivity index (χ2n) is 16.1. The second-order valence-corrected chi connectivity index (χ2v) is 16.1. The molecule has 1 aliphatic carbocycles. The van der Waals surface area contributed by atoms with Crippen molar-refractivity contribution < 1.29 is 47.6 Å². The number of ether oxygens (including phenoxy) is 6. The molecule has 1 saturated carbocycles. The minimum Gasteiger partial charge on any atom is -0.491 e. The number of nitrogens with one attached hydrogen (secondary N) is 1. The number of fused-ring (bicyclic) bond motifs is 2. The highest BCUT2D eigenvalue weighted by Gasteiger charge is 2.45. The van der Waals surface area contributed by atoms with Gasteiger partial charge in [0.2, 0.25) is 11.8 Å². The normalized spacial score (nSPS) is 20.7. The van der Waals surface area contributed by atoms with Gasteiger partial charge in [0, 0.05) is 50.3 Å². The maximum atomic E-state index is 13.0. The van der Waals surface area contributed by atoms with Crippen LogP contribution in [0.25, 0.3) is 0 Å². The Labute approximate surface area is 354 Å². The van der Waals surface area contributed by atoms with Crippen molar-refractivity contribution in [2.45, 2.75) is 63.8 Å². The van der Waals surface area contributed by atoms with E-state index in [0.29, 0.717) is 71.2 Å². The van der Waals surface area contributed by atoms with Gasteiger partial charge in [-0.15, -0.1) is 0 Å². The lowest BCUT2D eigenvalue weighted by molar-refractivity contribution is -0.136. The van der Waals surface area contributed by atoms with Gasteiger partial charge in [0.1, 0.15) is 41.9 Å². The number of benzene rings is 2. The molecule has 5 aliphatic rings. The lowest BCUT2D eigenvalue weighted by Crippen LogP contribution is -2.54. The summed E-state index contributed by atoms with van der Waals surface area (Å²) in [7, 11) is 0. The molecule has 8 rings (SSSR count).